The number of esters is 1. The largest absolute Gasteiger partial charge is 0.497 e. The molecule has 100 valence electrons. The van der Waals surface area contributed by atoms with E-state index in [1.54, 1.807) is 13.2 Å². The van der Waals surface area contributed by atoms with E-state index in [4.69, 9.17) is 9.47 Å². The third-order valence-corrected chi connectivity index (χ3v) is 4.15. The maximum absolute atomic E-state index is 11.7. The lowest BCUT2D eigenvalue weighted by molar-refractivity contribution is -0.137. The van der Waals surface area contributed by atoms with Gasteiger partial charge in [-0.1, -0.05) is 6.07 Å². The van der Waals surface area contributed by atoms with Gasteiger partial charge in [0.15, 0.2) is 0 Å². The first-order valence-electron chi connectivity index (χ1n) is 6.79. The van der Waals surface area contributed by atoms with Crippen molar-refractivity contribution in [3.8, 4) is 5.75 Å². The Balaban J connectivity index is 1.99. The summed E-state index contributed by atoms with van der Waals surface area (Å²) in [5.74, 6) is 1.81. The highest BCUT2D eigenvalue weighted by Crippen LogP contribution is 2.55. The number of carbonyl (C=O) groups excluding carboxylic acids is 1. The lowest BCUT2D eigenvalue weighted by Crippen LogP contribution is -2.30. The van der Waals surface area contributed by atoms with Crippen LogP contribution in [0.3, 0.4) is 0 Å². The molecule has 0 unspecified atom stereocenters. The number of benzene rings is 1. The Labute approximate surface area is 113 Å². The standard InChI is InChI=1S/C16H18O3/c1-3-19-16(17)9-15-11-6-10(7-11)14-8-12(18-2)4-5-13(14)15/h4-5,8-11H,3,6-7H2,1-2H3/b15-9+. The van der Waals surface area contributed by atoms with Crippen LogP contribution >= 0.6 is 0 Å². The van der Waals surface area contributed by atoms with E-state index in [1.807, 2.05) is 13.0 Å². The van der Waals surface area contributed by atoms with Crippen LogP contribution in [0.4, 0.5) is 0 Å². The first-order chi connectivity index (χ1) is 9.22. The SMILES string of the molecule is CCOC(=O)/C=C1/c2ccc(OC)cc2C2CC1C2. The average molecular weight is 258 g/mol. The lowest BCUT2D eigenvalue weighted by atomic mass is 9.60. The minimum absolute atomic E-state index is 0.232. The van der Waals surface area contributed by atoms with Gasteiger partial charge in [0, 0.05) is 6.08 Å². The van der Waals surface area contributed by atoms with Gasteiger partial charge in [0.25, 0.3) is 0 Å². The summed E-state index contributed by atoms with van der Waals surface area (Å²) in [7, 11) is 1.68. The normalized spacial score (nSPS) is 25.5. The topological polar surface area (TPSA) is 35.5 Å². The molecule has 0 aromatic heterocycles. The number of methoxy groups -OCH3 is 1. The number of carbonyl (C=O) groups is 1. The molecule has 3 aliphatic carbocycles. The molecule has 0 spiro atoms. The van der Waals surface area contributed by atoms with Crippen LogP contribution in [0.15, 0.2) is 24.3 Å². The highest BCUT2D eigenvalue weighted by molar-refractivity contribution is 5.93. The molecular weight excluding hydrogens is 240 g/mol. The summed E-state index contributed by atoms with van der Waals surface area (Å²) in [6.07, 6.45) is 3.96. The van der Waals surface area contributed by atoms with Gasteiger partial charge in [-0.2, -0.15) is 0 Å². The number of ether oxygens (including phenoxy) is 2. The van der Waals surface area contributed by atoms with Gasteiger partial charge in [0.2, 0.25) is 0 Å². The molecule has 3 heteroatoms. The molecule has 1 aromatic carbocycles. The summed E-state index contributed by atoms with van der Waals surface area (Å²) in [5.41, 5.74) is 3.65. The van der Waals surface area contributed by atoms with Crippen LogP contribution in [0, 0.1) is 5.92 Å². The van der Waals surface area contributed by atoms with Gasteiger partial charge in [-0.15, -0.1) is 0 Å². The van der Waals surface area contributed by atoms with Crippen molar-refractivity contribution in [3.05, 3.63) is 35.4 Å². The van der Waals surface area contributed by atoms with E-state index in [0.717, 1.165) is 24.2 Å². The predicted molar refractivity (Wildman–Crippen MR) is 73.1 cm³/mol. The monoisotopic (exact) mass is 258 g/mol. The van der Waals surface area contributed by atoms with E-state index in [2.05, 4.69) is 12.1 Å². The Morgan fingerprint density at radius 1 is 1.37 bits per heavy atom. The summed E-state index contributed by atoms with van der Waals surface area (Å²) in [5, 5.41) is 0. The summed E-state index contributed by atoms with van der Waals surface area (Å²) in [6.45, 7) is 2.25. The fraction of sp³-hybridized carbons (Fsp3) is 0.438. The quantitative estimate of drug-likeness (QED) is 0.617. The minimum Gasteiger partial charge on any atom is -0.497 e. The van der Waals surface area contributed by atoms with Crippen molar-refractivity contribution < 1.29 is 14.3 Å². The van der Waals surface area contributed by atoms with Crippen molar-refractivity contribution in [2.75, 3.05) is 13.7 Å². The maximum atomic E-state index is 11.7. The first-order valence-corrected chi connectivity index (χ1v) is 6.79. The van der Waals surface area contributed by atoms with Crippen LogP contribution in [0.25, 0.3) is 5.57 Å². The molecule has 4 rings (SSSR count). The minimum atomic E-state index is -0.232. The van der Waals surface area contributed by atoms with Crippen molar-refractivity contribution >= 4 is 11.5 Å². The third-order valence-electron chi connectivity index (χ3n) is 4.15. The van der Waals surface area contributed by atoms with Crippen LogP contribution in [0.1, 0.15) is 36.8 Å². The molecule has 0 N–H and O–H groups in total. The zero-order valence-corrected chi connectivity index (χ0v) is 11.3. The van der Waals surface area contributed by atoms with E-state index in [9.17, 15) is 4.79 Å². The van der Waals surface area contributed by atoms with Gasteiger partial charge in [-0.3, -0.25) is 0 Å². The van der Waals surface area contributed by atoms with Gasteiger partial charge in [0.05, 0.1) is 13.7 Å². The summed E-state index contributed by atoms with van der Waals surface area (Å²) in [6, 6.07) is 6.13. The predicted octanol–water partition coefficient (Wildman–Crippen LogP) is 3.15. The number of allylic oxidation sites excluding steroid dienone is 1. The highest BCUT2D eigenvalue weighted by Gasteiger charge is 2.40. The van der Waals surface area contributed by atoms with E-state index in [1.165, 1.54) is 11.1 Å². The molecule has 0 heterocycles. The van der Waals surface area contributed by atoms with Gasteiger partial charge >= 0.3 is 5.97 Å². The molecule has 0 amide bonds. The molecule has 1 fully saturated rings. The average Bonchev–Trinajstić information content (AvgIpc) is 2.36. The van der Waals surface area contributed by atoms with Crippen molar-refractivity contribution in [3.63, 3.8) is 0 Å². The smallest absolute Gasteiger partial charge is 0.331 e. The molecule has 1 saturated carbocycles. The Bertz CT molecular complexity index is 539. The van der Waals surface area contributed by atoms with Crippen molar-refractivity contribution in [2.24, 2.45) is 5.92 Å². The second kappa shape index (κ2) is 4.72. The lowest BCUT2D eigenvalue weighted by Gasteiger charge is -2.44. The fourth-order valence-electron chi connectivity index (χ4n) is 3.12. The molecule has 1 aromatic rings. The van der Waals surface area contributed by atoms with E-state index in [0.29, 0.717) is 18.4 Å². The molecule has 3 aliphatic rings. The second-order valence-electron chi connectivity index (χ2n) is 5.17. The van der Waals surface area contributed by atoms with Gasteiger partial charge in [0.1, 0.15) is 5.75 Å². The first kappa shape index (κ1) is 12.3. The summed E-state index contributed by atoms with van der Waals surface area (Å²) >= 11 is 0. The molecule has 0 aliphatic heterocycles. The third kappa shape index (κ3) is 2.03. The van der Waals surface area contributed by atoms with Gasteiger partial charge in [-0.25, -0.2) is 4.79 Å². The second-order valence-corrected chi connectivity index (χ2v) is 5.17. The number of rotatable bonds is 3. The Morgan fingerprint density at radius 3 is 2.84 bits per heavy atom. The Hall–Kier alpha value is -1.77. The van der Waals surface area contributed by atoms with Gasteiger partial charge < -0.3 is 9.47 Å². The van der Waals surface area contributed by atoms with E-state index in [-0.39, 0.29) is 5.97 Å². The molecule has 19 heavy (non-hydrogen) atoms. The van der Waals surface area contributed by atoms with Crippen LogP contribution in [0.2, 0.25) is 0 Å². The maximum Gasteiger partial charge on any atom is 0.331 e. The van der Waals surface area contributed by atoms with Crippen LogP contribution in [-0.2, 0) is 9.53 Å². The molecule has 2 bridgehead atoms. The number of hydrogen-bond acceptors (Lipinski definition) is 3. The van der Waals surface area contributed by atoms with Gasteiger partial charge in [-0.05, 0) is 60.4 Å². The zero-order valence-electron chi connectivity index (χ0n) is 11.3. The van der Waals surface area contributed by atoms with E-state index >= 15 is 0 Å². The molecule has 0 atom stereocenters. The molecular formula is C16H18O3. The molecule has 0 saturated heterocycles. The Kier molecular flexibility index (Phi) is 3.05. The molecule has 3 nitrogen and oxygen atoms in total. The fourth-order valence-corrected chi connectivity index (χ4v) is 3.12. The summed E-state index contributed by atoms with van der Waals surface area (Å²) < 4.78 is 10.3. The van der Waals surface area contributed by atoms with Crippen LogP contribution in [0.5, 0.6) is 5.75 Å². The zero-order chi connectivity index (χ0) is 13.4. The summed E-state index contributed by atoms with van der Waals surface area (Å²) in [4.78, 5) is 11.7. The van der Waals surface area contributed by atoms with E-state index < -0.39 is 0 Å². The molecule has 0 radical (unpaired) electrons. The Morgan fingerprint density at radius 2 is 2.16 bits per heavy atom. The van der Waals surface area contributed by atoms with Crippen LogP contribution in [-0.4, -0.2) is 19.7 Å². The number of hydrogen-bond donors (Lipinski definition) is 0. The van der Waals surface area contributed by atoms with Crippen LogP contribution < -0.4 is 4.74 Å². The van der Waals surface area contributed by atoms with Crippen molar-refractivity contribution in [1.82, 2.24) is 0 Å². The van der Waals surface area contributed by atoms with Crippen molar-refractivity contribution in [1.29, 1.82) is 0 Å². The highest BCUT2D eigenvalue weighted by atomic mass is 16.5. The van der Waals surface area contributed by atoms with Crippen molar-refractivity contribution in [2.45, 2.75) is 25.7 Å².